The Labute approximate surface area is 98.3 Å². The molecule has 1 rings (SSSR count). The lowest BCUT2D eigenvalue weighted by Gasteiger charge is -2.17. The first-order valence-electron chi connectivity index (χ1n) is 4.82. The first-order valence-corrected chi connectivity index (χ1v) is 5.62. The zero-order valence-corrected chi connectivity index (χ0v) is 10.5. The van der Waals surface area contributed by atoms with Crippen LogP contribution in [0.2, 0.25) is 0 Å². The Kier molecular flexibility index (Phi) is 5.17. The number of pyridine rings is 1. The van der Waals surface area contributed by atoms with Crippen molar-refractivity contribution in [3.8, 4) is 0 Å². The summed E-state index contributed by atoms with van der Waals surface area (Å²) < 4.78 is 6.44. The maximum atomic E-state index is 5.49. The van der Waals surface area contributed by atoms with Crippen LogP contribution in [0.1, 0.15) is 25.6 Å². The van der Waals surface area contributed by atoms with Crippen LogP contribution in [-0.4, -0.2) is 17.7 Å². The summed E-state index contributed by atoms with van der Waals surface area (Å²) in [6, 6.07) is 3.78. The number of halogens is 1. The smallest absolute Gasteiger partial charge is 0.0865 e. The van der Waals surface area contributed by atoms with Crippen molar-refractivity contribution in [2.24, 2.45) is 5.84 Å². The molecule has 0 amide bonds. The molecule has 0 spiro atoms. The minimum atomic E-state index is -0.0690. The molecule has 3 N–H and O–H groups in total. The van der Waals surface area contributed by atoms with E-state index in [0.29, 0.717) is 6.61 Å². The number of aromatic nitrogens is 1. The fraction of sp³-hybridized carbons (Fsp3) is 0.500. The van der Waals surface area contributed by atoms with Gasteiger partial charge in [0, 0.05) is 10.7 Å². The van der Waals surface area contributed by atoms with Crippen LogP contribution in [0.25, 0.3) is 0 Å². The van der Waals surface area contributed by atoms with E-state index in [1.807, 2.05) is 26.0 Å². The van der Waals surface area contributed by atoms with Crippen LogP contribution in [0.3, 0.4) is 0 Å². The Hall–Kier alpha value is -0.490. The summed E-state index contributed by atoms with van der Waals surface area (Å²) in [7, 11) is 0. The van der Waals surface area contributed by atoms with E-state index in [1.165, 1.54) is 0 Å². The van der Waals surface area contributed by atoms with Gasteiger partial charge in [-0.25, -0.2) is 5.43 Å². The number of rotatable bonds is 5. The molecule has 0 aliphatic heterocycles. The van der Waals surface area contributed by atoms with E-state index in [0.717, 1.165) is 10.2 Å². The highest BCUT2D eigenvalue weighted by Gasteiger charge is 2.11. The molecule has 0 saturated carbocycles. The van der Waals surface area contributed by atoms with Gasteiger partial charge in [0.2, 0.25) is 0 Å². The largest absolute Gasteiger partial charge is 0.377 e. The minimum absolute atomic E-state index is 0.0690. The molecule has 0 aliphatic carbocycles. The Morgan fingerprint density at radius 3 is 2.73 bits per heavy atom. The molecular weight excluding hydrogens is 258 g/mol. The van der Waals surface area contributed by atoms with E-state index < -0.39 is 0 Å². The van der Waals surface area contributed by atoms with Crippen LogP contribution < -0.4 is 11.3 Å². The Morgan fingerprint density at radius 1 is 1.53 bits per heavy atom. The van der Waals surface area contributed by atoms with Gasteiger partial charge in [-0.05, 0) is 41.9 Å². The first kappa shape index (κ1) is 12.6. The van der Waals surface area contributed by atoms with Crippen LogP contribution in [-0.2, 0) is 4.74 Å². The molecule has 0 aliphatic rings. The molecule has 1 heterocycles. The van der Waals surface area contributed by atoms with Crippen molar-refractivity contribution in [1.82, 2.24) is 10.4 Å². The van der Waals surface area contributed by atoms with Crippen molar-refractivity contribution < 1.29 is 4.74 Å². The summed E-state index contributed by atoms with van der Waals surface area (Å²) >= 11 is 3.33. The topological polar surface area (TPSA) is 60.2 Å². The van der Waals surface area contributed by atoms with E-state index in [9.17, 15) is 0 Å². The number of nitrogens with two attached hydrogens (primary N) is 1. The molecule has 4 nitrogen and oxygen atoms in total. The standard InChI is InChI=1S/C10H16BrN3O/c1-7(2)15-6-10(14-12)9-4-3-8(11)5-13-9/h3-5,7,10,14H,6,12H2,1-2H3. The normalized spacial score (nSPS) is 13.1. The van der Waals surface area contributed by atoms with E-state index in [2.05, 4.69) is 26.3 Å². The number of nitrogens with one attached hydrogen (secondary N) is 1. The van der Waals surface area contributed by atoms with Gasteiger partial charge >= 0.3 is 0 Å². The third-order valence-electron chi connectivity index (χ3n) is 1.90. The van der Waals surface area contributed by atoms with Crippen LogP contribution >= 0.6 is 15.9 Å². The summed E-state index contributed by atoms with van der Waals surface area (Å²) in [6.45, 7) is 4.49. The SMILES string of the molecule is CC(C)OCC(NN)c1ccc(Br)cn1. The van der Waals surface area contributed by atoms with E-state index >= 15 is 0 Å². The molecule has 1 aromatic rings. The monoisotopic (exact) mass is 273 g/mol. The van der Waals surface area contributed by atoms with Crippen LogP contribution in [0.5, 0.6) is 0 Å². The molecule has 0 radical (unpaired) electrons. The summed E-state index contributed by atoms with van der Waals surface area (Å²) in [5, 5.41) is 0. The lowest BCUT2D eigenvalue weighted by molar-refractivity contribution is 0.0603. The number of nitrogens with zero attached hydrogens (tertiary/aromatic N) is 1. The van der Waals surface area contributed by atoms with Crippen LogP contribution in [0, 0.1) is 0 Å². The predicted molar refractivity (Wildman–Crippen MR) is 63.1 cm³/mol. The Bertz CT molecular complexity index is 289. The second kappa shape index (κ2) is 6.17. The molecule has 1 aromatic heterocycles. The van der Waals surface area contributed by atoms with Gasteiger partial charge in [0.1, 0.15) is 0 Å². The Balaban J connectivity index is 2.61. The molecule has 1 atom stereocenters. The average Bonchev–Trinajstić information content (AvgIpc) is 2.21. The van der Waals surface area contributed by atoms with Gasteiger partial charge in [-0.1, -0.05) is 0 Å². The summed E-state index contributed by atoms with van der Waals surface area (Å²) in [5.41, 5.74) is 3.57. The van der Waals surface area contributed by atoms with E-state index in [-0.39, 0.29) is 12.1 Å². The highest BCUT2D eigenvalue weighted by atomic mass is 79.9. The third kappa shape index (κ3) is 4.25. The molecule has 5 heteroatoms. The number of hydrogen-bond acceptors (Lipinski definition) is 4. The molecule has 0 bridgehead atoms. The maximum absolute atomic E-state index is 5.49. The average molecular weight is 274 g/mol. The predicted octanol–water partition coefficient (Wildman–Crippen LogP) is 1.77. The zero-order valence-electron chi connectivity index (χ0n) is 8.90. The first-order chi connectivity index (χ1) is 7.13. The molecule has 1 unspecified atom stereocenters. The quantitative estimate of drug-likeness (QED) is 0.634. The van der Waals surface area contributed by atoms with Crippen molar-refractivity contribution in [3.05, 3.63) is 28.5 Å². The molecule has 15 heavy (non-hydrogen) atoms. The fourth-order valence-electron chi connectivity index (χ4n) is 1.10. The maximum Gasteiger partial charge on any atom is 0.0865 e. The molecule has 84 valence electrons. The van der Waals surface area contributed by atoms with Gasteiger partial charge in [0.15, 0.2) is 0 Å². The summed E-state index contributed by atoms with van der Waals surface area (Å²) in [6.07, 6.45) is 1.94. The van der Waals surface area contributed by atoms with Crippen molar-refractivity contribution in [2.45, 2.75) is 26.0 Å². The van der Waals surface area contributed by atoms with Crippen LogP contribution in [0.4, 0.5) is 0 Å². The van der Waals surface area contributed by atoms with Gasteiger partial charge in [0.05, 0.1) is 24.4 Å². The minimum Gasteiger partial charge on any atom is -0.377 e. The van der Waals surface area contributed by atoms with Gasteiger partial charge in [0.25, 0.3) is 0 Å². The third-order valence-corrected chi connectivity index (χ3v) is 2.37. The molecule has 0 fully saturated rings. The molecular formula is C10H16BrN3O. The van der Waals surface area contributed by atoms with Crippen molar-refractivity contribution in [1.29, 1.82) is 0 Å². The number of hydrogen-bond donors (Lipinski definition) is 2. The van der Waals surface area contributed by atoms with E-state index in [1.54, 1.807) is 6.20 Å². The van der Waals surface area contributed by atoms with Crippen molar-refractivity contribution >= 4 is 15.9 Å². The number of hydrazine groups is 1. The van der Waals surface area contributed by atoms with Crippen molar-refractivity contribution in [3.63, 3.8) is 0 Å². The van der Waals surface area contributed by atoms with Gasteiger partial charge in [-0.15, -0.1) is 0 Å². The van der Waals surface area contributed by atoms with Gasteiger partial charge in [-0.2, -0.15) is 0 Å². The fourth-order valence-corrected chi connectivity index (χ4v) is 1.34. The summed E-state index contributed by atoms with van der Waals surface area (Å²) in [5.74, 6) is 5.45. The Morgan fingerprint density at radius 2 is 2.27 bits per heavy atom. The zero-order chi connectivity index (χ0) is 11.3. The van der Waals surface area contributed by atoms with Gasteiger partial charge in [-0.3, -0.25) is 10.8 Å². The van der Waals surface area contributed by atoms with Gasteiger partial charge < -0.3 is 4.74 Å². The molecule has 0 aromatic carbocycles. The van der Waals surface area contributed by atoms with Crippen LogP contribution in [0.15, 0.2) is 22.8 Å². The highest BCUT2D eigenvalue weighted by Crippen LogP contribution is 2.13. The lowest BCUT2D eigenvalue weighted by Crippen LogP contribution is -2.32. The van der Waals surface area contributed by atoms with Crippen molar-refractivity contribution in [2.75, 3.05) is 6.61 Å². The van der Waals surface area contributed by atoms with E-state index in [4.69, 9.17) is 10.6 Å². The lowest BCUT2D eigenvalue weighted by atomic mass is 10.2. The second-order valence-electron chi connectivity index (χ2n) is 3.50. The highest BCUT2D eigenvalue weighted by molar-refractivity contribution is 9.10. The number of ether oxygens (including phenoxy) is 1. The second-order valence-corrected chi connectivity index (χ2v) is 4.42. The molecule has 0 saturated heterocycles. The summed E-state index contributed by atoms with van der Waals surface area (Å²) in [4.78, 5) is 4.26.